The minimum atomic E-state index is -0.968. The molecule has 0 saturated heterocycles. The van der Waals surface area contributed by atoms with E-state index < -0.39 is 6.17 Å². The fourth-order valence-corrected chi connectivity index (χ4v) is 4.38. The molecule has 0 aliphatic rings. The van der Waals surface area contributed by atoms with Gasteiger partial charge in [-0.3, -0.25) is 0 Å². The molecule has 0 aliphatic heterocycles. The van der Waals surface area contributed by atoms with Crippen molar-refractivity contribution in [3.63, 3.8) is 0 Å². The van der Waals surface area contributed by atoms with Gasteiger partial charge in [0.15, 0.2) is 5.82 Å². The van der Waals surface area contributed by atoms with Crippen molar-refractivity contribution in [1.82, 2.24) is 9.97 Å². The van der Waals surface area contributed by atoms with Crippen LogP contribution in [0.4, 0.5) is 4.39 Å². The number of halogens is 1. The topological polar surface area (TPSA) is 35.0 Å². The normalized spacial score (nSPS) is 12.1. The van der Waals surface area contributed by atoms with Crippen LogP contribution in [0.5, 0.6) is 5.75 Å². The van der Waals surface area contributed by atoms with Crippen LogP contribution in [0.1, 0.15) is 90.5 Å². The molecule has 1 unspecified atom stereocenters. The molecule has 0 amide bonds. The standard InChI is InChI=1S/C33H45FN2O/c1-4-5-6-7-8-9-10-11-12-13-14-27-15-17-28(18-16-27)30-23-35-33(36-24-30)29-19-21-31(22-20-29)37-25-32(34)26(2)3/h15-24,26,32H,4-14,25H2,1-3H3. The Morgan fingerprint density at radius 1 is 0.676 bits per heavy atom. The number of nitrogens with zero attached hydrogens (tertiary/aromatic N) is 2. The summed E-state index contributed by atoms with van der Waals surface area (Å²) in [5.41, 5.74) is 4.45. The van der Waals surface area contributed by atoms with E-state index in [1.807, 2.05) is 50.5 Å². The first-order valence-corrected chi connectivity index (χ1v) is 14.4. The van der Waals surface area contributed by atoms with Crippen molar-refractivity contribution in [3.8, 4) is 28.3 Å². The molecule has 1 atom stereocenters. The van der Waals surface area contributed by atoms with E-state index in [0.29, 0.717) is 11.6 Å². The Morgan fingerprint density at radius 3 is 1.78 bits per heavy atom. The highest BCUT2D eigenvalue weighted by atomic mass is 19.1. The molecular formula is C33H45FN2O. The van der Waals surface area contributed by atoms with Crippen LogP contribution >= 0.6 is 0 Å². The lowest BCUT2D eigenvalue weighted by molar-refractivity contribution is 0.155. The third-order valence-electron chi connectivity index (χ3n) is 7.00. The van der Waals surface area contributed by atoms with Gasteiger partial charge in [-0.05, 0) is 54.2 Å². The molecule has 4 heteroatoms. The monoisotopic (exact) mass is 504 g/mol. The van der Waals surface area contributed by atoms with Crippen molar-refractivity contribution in [2.75, 3.05) is 6.61 Å². The molecular weight excluding hydrogens is 459 g/mol. The van der Waals surface area contributed by atoms with Gasteiger partial charge >= 0.3 is 0 Å². The van der Waals surface area contributed by atoms with Crippen molar-refractivity contribution >= 4 is 0 Å². The molecule has 0 N–H and O–H groups in total. The maximum atomic E-state index is 13.8. The average Bonchev–Trinajstić information content (AvgIpc) is 2.93. The predicted octanol–water partition coefficient (Wildman–Crippen LogP) is 9.65. The third kappa shape index (κ3) is 10.3. The molecule has 0 spiro atoms. The van der Waals surface area contributed by atoms with Crippen LogP contribution in [0.3, 0.4) is 0 Å². The minimum Gasteiger partial charge on any atom is -0.491 e. The van der Waals surface area contributed by atoms with Gasteiger partial charge in [-0.15, -0.1) is 0 Å². The number of rotatable bonds is 17. The van der Waals surface area contributed by atoms with Crippen LogP contribution < -0.4 is 4.74 Å². The molecule has 1 heterocycles. The molecule has 3 aromatic rings. The van der Waals surface area contributed by atoms with Crippen LogP contribution in [-0.2, 0) is 6.42 Å². The Labute approximate surface area is 223 Å². The molecule has 0 fully saturated rings. The van der Waals surface area contributed by atoms with Crippen LogP contribution in [0.15, 0.2) is 60.9 Å². The SMILES string of the molecule is CCCCCCCCCCCCc1ccc(-c2cnc(-c3ccc(OCC(F)C(C)C)cc3)nc2)cc1. The van der Waals surface area contributed by atoms with Crippen molar-refractivity contribution in [2.45, 2.75) is 97.6 Å². The van der Waals surface area contributed by atoms with Gasteiger partial charge in [0.2, 0.25) is 0 Å². The fourth-order valence-electron chi connectivity index (χ4n) is 4.38. The summed E-state index contributed by atoms with van der Waals surface area (Å²) in [5, 5.41) is 0. The summed E-state index contributed by atoms with van der Waals surface area (Å²) >= 11 is 0. The molecule has 3 nitrogen and oxygen atoms in total. The van der Waals surface area contributed by atoms with Gasteiger partial charge in [0.05, 0.1) is 0 Å². The summed E-state index contributed by atoms with van der Waals surface area (Å²) in [6.45, 7) is 6.05. The third-order valence-corrected chi connectivity index (χ3v) is 7.00. The van der Waals surface area contributed by atoms with Gasteiger partial charge in [-0.2, -0.15) is 0 Å². The second-order valence-corrected chi connectivity index (χ2v) is 10.5. The average molecular weight is 505 g/mol. The number of unbranched alkanes of at least 4 members (excludes halogenated alkanes) is 9. The van der Waals surface area contributed by atoms with E-state index in [1.165, 1.54) is 69.8 Å². The number of ether oxygens (including phenoxy) is 1. The highest BCUT2D eigenvalue weighted by molar-refractivity contribution is 5.64. The first kappa shape index (κ1) is 28.8. The molecule has 200 valence electrons. The zero-order chi connectivity index (χ0) is 26.3. The molecule has 0 saturated carbocycles. The van der Waals surface area contributed by atoms with E-state index in [9.17, 15) is 4.39 Å². The van der Waals surface area contributed by atoms with Gasteiger partial charge in [0, 0.05) is 23.5 Å². The maximum absolute atomic E-state index is 13.8. The lowest BCUT2D eigenvalue weighted by Gasteiger charge is -2.13. The maximum Gasteiger partial charge on any atom is 0.159 e. The number of hydrogen-bond acceptors (Lipinski definition) is 3. The van der Waals surface area contributed by atoms with Crippen molar-refractivity contribution in [2.24, 2.45) is 5.92 Å². The van der Waals surface area contributed by atoms with Crippen molar-refractivity contribution in [1.29, 1.82) is 0 Å². The summed E-state index contributed by atoms with van der Waals surface area (Å²) in [4.78, 5) is 9.14. The molecule has 3 rings (SSSR count). The Kier molecular flexibility index (Phi) is 12.6. The Balaban J connectivity index is 1.40. The van der Waals surface area contributed by atoms with E-state index >= 15 is 0 Å². The van der Waals surface area contributed by atoms with Gasteiger partial charge in [-0.1, -0.05) is 103 Å². The number of hydrogen-bond donors (Lipinski definition) is 0. The summed E-state index contributed by atoms with van der Waals surface area (Å²) < 4.78 is 19.3. The highest BCUT2D eigenvalue weighted by Gasteiger charge is 2.12. The summed E-state index contributed by atoms with van der Waals surface area (Å²) in [6.07, 6.45) is 17.6. The van der Waals surface area contributed by atoms with Gasteiger partial charge in [0.25, 0.3) is 0 Å². The van der Waals surface area contributed by atoms with Crippen LogP contribution in [-0.4, -0.2) is 22.7 Å². The minimum absolute atomic E-state index is 0.0491. The Morgan fingerprint density at radius 2 is 1.22 bits per heavy atom. The second-order valence-electron chi connectivity index (χ2n) is 10.5. The predicted molar refractivity (Wildman–Crippen MR) is 154 cm³/mol. The summed E-state index contributed by atoms with van der Waals surface area (Å²) in [6, 6.07) is 16.3. The summed E-state index contributed by atoms with van der Waals surface area (Å²) in [5.74, 6) is 1.27. The van der Waals surface area contributed by atoms with Crippen molar-refractivity contribution in [3.05, 3.63) is 66.5 Å². The van der Waals surface area contributed by atoms with Gasteiger partial charge < -0.3 is 4.74 Å². The molecule has 0 radical (unpaired) electrons. The molecule has 0 aliphatic carbocycles. The van der Waals surface area contributed by atoms with Crippen LogP contribution in [0.25, 0.3) is 22.5 Å². The van der Waals surface area contributed by atoms with Gasteiger partial charge in [-0.25, -0.2) is 14.4 Å². The zero-order valence-electron chi connectivity index (χ0n) is 23.1. The van der Waals surface area contributed by atoms with E-state index in [1.54, 1.807) is 0 Å². The number of benzene rings is 2. The molecule has 2 aromatic carbocycles. The fraction of sp³-hybridized carbons (Fsp3) is 0.515. The van der Waals surface area contributed by atoms with Gasteiger partial charge in [0.1, 0.15) is 18.5 Å². The Bertz CT molecular complexity index is 1000. The van der Waals surface area contributed by atoms with Crippen molar-refractivity contribution < 1.29 is 9.13 Å². The highest BCUT2D eigenvalue weighted by Crippen LogP contribution is 2.23. The molecule has 0 bridgehead atoms. The largest absolute Gasteiger partial charge is 0.491 e. The van der Waals surface area contributed by atoms with E-state index in [-0.39, 0.29) is 12.5 Å². The smallest absolute Gasteiger partial charge is 0.159 e. The lowest BCUT2D eigenvalue weighted by Crippen LogP contribution is -2.18. The van der Waals surface area contributed by atoms with Crippen LogP contribution in [0.2, 0.25) is 0 Å². The molecule has 37 heavy (non-hydrogen) atoms. The second kappa shape index (κ2) is 16.2. The summed E-state index contributed by atoms with van der Waals surface area (Å²) in [7, 11) is 0. The quantitative estimate of drug-likeness (QED) is 0.172. The van der Waals surface area contributed by atoms with E-state index in [4.69, 9.17) is 4.74 Å². The number of aryl methyl sites for hydroxylation is 1. The number of alkyl halides is 1. The zero-order valence-corrected chi connectivity index (χ0v) is 23.1. The Hall–Kier alpha value is -2.75. The first-order valence-electron chi connectivity index (χ1n) is 14.4. The first-order chi connectivity index (χ1) is 18.1. The molecule has 1 aromatic heterocycles. The van der Waals surface area contributed by atoms with E-state index in [0.717, 1.165) is 23.1 Å². The number of aromatic nitrogens is 2. The van der Waals surface area contributed by atoms with E-state index in [2.05, 4.69) is 41.2 Å². The van der Waals surface area contributed by atoms with Crippen LogP contribution in [0, 0.1) is 5.92 Å². The lowest BCUT2D eigenvalue weighted by atomic mass is 10.0.